The SMILES string of the molecule is Cc1ncc(-c2ccc(S(=O)(=O)C(C)C)cc2)nc1-c1nnc(-c2ccc(CN)s2)o1. The van der Waals surface area contributed by atoms with Gasteiger partial charge in [-0.05, 0) is 45.0 Å². The molecule has 4 rings (SSSR count). The molecule has 8 nitrogen and oxygen atoms in total. The van der Waals surface area contributed by atoms with Gasteiger partial charge in [0.15, 0.2) is 9.84 Å². The predicted octanol–water partition coefficient (Wildman–Crippen LogP) is 3.87. The van der Waals surface area contributed by atoms with E-state index < -0.39 is 15.1 Å². The van der Waals surface area contributed by atoms with Crippen LogP contribution in [0.1, 0.15) is 24.4 Å². The van der Waals surface area contributed by atoms with Gasteiger partial charge < -0.3 is 10.2 Å². The molecule has 0 radical (unpaired) electrons. The topological polar surface area (TPSA) is 125 Å². The molecule has 0 unspecified atom stereocenters. The molecule has 10 heteroatoms. The van der Waals surface area contributed by atoms with Crippen LogP contribution in [-0.2, 0) is 16.4 Å². The van der Waals surface area contributed by atoms with Crippen molar-refractivity contribution < 1.29 is 12.8 Å². The second-order valence-corrected chi connectivity index (χ2v) is 10.9. The van der Waals surface area contributed by atoms with Gasteiger partial charge in [0.25, 0.3) is 11.8 Å². The molecule has 0 bridgehead atoms. The maximum Gasteiger partial charge on any atom is 0.268 e. The summed E-state index contributed by atoms with van der Waals surface area (Å²) in [6.45, 7) is 5.58. The highest BCUT2D eigenvalue weighted by Gasteiger charge is 2.20. The van der Waals surface area contributed by atoms with Gasteiger partial charge in [0.2, 0.25) is 0 Å². The van der Waals surface area contributed by atoms with E-state index in [9.17, 15) is 8.42 Å². The van der Waals surface area contributed by atoms with Gasteiger partial charge in [-0.15, -0.1) is 21.5 Å². The molecule has 160 valence electrons. The van der Waals surface area contributed by atoms with Gasteiger partial charge in [-0.1, -0.05) is 12.1 Å². The molecule has 0 atom stereocenters. The first-order valence-electron chi connectivity index (χ1n) is 9.60. The zero-order valence-electron chi connectivity index (χ0n) is 17.2. The Hall–Kier alpha value is -2.95. The predicted molar refractivity (Wildman–Crippen MR) is 119 cm³/mol. The lowest BCUT2D eigenvalue weighted by atomic mass is 10.1. The largest absolute Gasteiger partial charge is 0.414 e. The van der Waals surface area contributed by atoms with Crippen molar-refractivity contribution in [1.29, 1.82) is 0 Å². The van der Waals surface area contributed by atoms with Crippen molar-refractivity contribution in [2.45, 2.75) is 37.5 Å². The Labute approximate surface area is 184 Å². The molecule has 4 aromatic rings. The molecule has 0 amide bonds. The molecule has 2 N–H and O–H groups in total. The average molecular weight is 456 g/mol. The maximum atomic E-state index is 12.3. The van der Waals surface area contributed by atoms with E-state index in [1.54, 1.807) is 44.3 Å². The third kappa shape index (κ3) is 4.14. The Kier molecular flexibility index (Phi) is 5.69. The maximum absolute atomic E-state index is 12.3. The van der Waals surface area contributed by atoms with Crippen molar-refractivity contribution in [2.75, 3.05) is 0 Å². The zero-order valence-corrected chi connectivity index (χ0v) is 18.9. The fourth-order valence-corrected chi connectivity index (χ4v) is 4.77. The van der Waals surface area contributed by atoms with E-state index in [-0.39, 0.29) is 10.8 Å². The summed E-state index contributed by atoms with van der Waals surface area (Å²) in [5, 5.41) is 7.78. The van der Waals surface area contributed by atoms with Crippen molar-refractivity contribution in [3.8, 4) is 33.6 Å². The Morgan fingerprint density at radius 2 is 1.77 bits per heavy atom. The van der Waals surface area contributed by atoms with Crippen LogP contribution in [0.3, 0.4) is 0 Å². The first kappa shape index (κ1) is 21.3. The number of hydrogen-bond donors (Lipinski definition) is 1. The molecule has 0 aliphatic carbocycles. The van der Waals surface area contributed by atoms with Crippen LogP contribution in [0.5, 0.6) is 0 Å². The van der Waals surface area contributed by atoms with Crippen molar-refractivity contribution in [2.24, 2.45) is 5.73 Å². The van der Waals surface area contributed by atoms with Crippen LogP contribution < -0.4 is 5.73 Å². The highest BCUT2D eigenvalue weighted by Crippen LogP contribution is 2.30. The van der Waals surface area contributed by atoms with Gasteiger partial charge in [0, 0.05) is 17.0 Å². The summed E-state index contributed by atoms with van der Waals surface area (Å²) >= 11 is 1.50. The number of thiophene rings is 1. The molecule has 0 fully saturated rings. The quantitative estimate of drug-likeness (QED) is 0.464. The van der Waals surface area contributed by atoms with E-state index >= 15 is 0 Å². The van der Waals surface area contributed by atoms with Gasteiger partial charge in [0.05, 0.1) is 32.6 Å². The number of aromatic nitrogens is 4. The Balaban J connectivity index is 1.67. The van der Waals surface area contributed by atoms with E-state index in [0.29, 0.717) is 29.5 Å². The van der Waals surface area contributed by atoms with Crippen molar-refractivity contribution in [1.82, 2.24) is 20.2 Å². The summed E-state index contributed by atoms with van der Waals surface area (Å²) in [5.41, 5.74) is 8.11. The van der Waals surface area contributed by atoms with Crippen LogP contribution in [0.2, 0.25) is 0 Å². The molecule has 0 saturated carbocycles. The molecular weight excluding hydrogens is 434 g/mol. The number of nitrogens with two attached hydrogens (primary N) is 1. The van der Waals surface area contributed by atoms with Crippen molar-refractivity contribution in [3.63, 3.8) is 0 Å². The van der Waals surface area contributed by atoms with Crippen LogP contribution in [0.15, 0.2) is 51.9 Å². The van der Waals surface area contributed by atoms with E-state index in [4.69, 9.17) is 10.2 Å². The van der Waals surface area contributed by atoms with E-state index in [1.807, 2.05) is 19.1 Å². The minimum atomic E-state index is -3.33. The second-order valence-electron chi connectivity index (χ2n) is 7.19. The molecule has 31 heavy (non-hydrogen) atoms. The summed E-state index contributed by atoms with van der Waals surface area (Å²) in [5.74, 6) is 0.665. The number of hydrogen-bond acceptors (Lipinski definition) is 9. The summed E-state index contributed by atoms with van der Waals surface area (Å²) in [6, 6.07) is 10.4. The summed E-state index contributed by atoms with van der Waals surface area (Å²) < 4.78 is 30.5. The average Bonchev–Trinajstić information content (AvgIpc) is 3.43. The normalized spacial score (nSPS) is 11.9. The first-order valence-corrected chi connectivity index (χ1v) is 12.0. The lowest BCUT2D eigenvalue weighted by molar-refractivity contribution is 0.582. The third-order valence-electron chi connectivity index (χ3n) is 4.76. The molecule has 0 aliphatic rings. The Bertz CT molecular complexity index is 1330. The number of rotatable bonds is 6. The number of sulfone groups is 1. The molecular formula is C21H21N5O3S2. The lowest BCUT2D eigenvalue weighted by Crippen LogP contribution is -2.13. The van der Waals surface area contributed by atoms with Crippen LogP contribution >= 0.6 is 11.3 Å². The van der Waals surface area contributed by atoms with E-state index in [2.05, 4.69) is 20.2 Å². The van der Waals surface area contributed by atoms with Gasteiger partial charge in [-0.3, -0.25) is 4.98 Å². The highest BCUT2D eigenvalue weighted by atomic mass is 32.2. The summed E-state index contributed by atoms with van der Waals surface area (Å²) in [6.07, 6.45) is 1.63. The number of aryl methyl sites for hydroxylation is 1. The summed E-state index contributed by atoms with van der Waals surface area (Å²) in [4.78, 5) is 11.2. The summed E-state index contributed by atoms with van der Waals surface area (Å²) in [7, 11) is -3.33. The minimum absolute atomic E-state index is 0.267. The Morgan fingerprint density at radius 3 is 2.42 bits per heavy atom. The molecule has 3 heterocycles. The zero-order chi connectivity index (χ0) is 22.2. The minimum Gasteiger partial charge on any atom is -0.414 e. The van der Waals surface area contributed by atoms with Crippen LogP contribution in [0.25, 0.3) is 33.6 Å². The molecule has 0 aliphatic heterocycles. The molecule has 3 aromatic heterocycles. The monoisotopic (exact) mass is 455 g/mol. The first-order chi connectivity index (χ1) is 14.8. The molecule has 0 saturated heterocycles. The molecule has 0 spiro atoms. The van der Waals surface area contributed by atoms with Crippen LogP contribution in [0.4, 0.5) is 0 Å². The van der Waals surface area contributed by atoms with Crippen molar-refractivity contribution >= 4 is 21.2 Å². The van der Waals surface area contributed by atoms with Gasteiger partial charge >= 0.3 is 0 Å². The van der Waals surface area contributed by atoms with E-state index in [0.717, 1.165) is 15.3 Å². The molecule has 1 aromatic carbocycles. The van der Waals surface area contributed by atoms with Gasteiger partial charge in [-0.2, -0.15) is 0 Å². The Morgan fingerprint density at radius 1 is 1.06 bits per heavy atom. The fraction of sp³-hybridized carbons (Fsp3) is 0.238. The number of nitrogens with zero attached hydrogens (tertiary/aromatic N) is 4. The van der Waals surface area contributed by atoms with Crippen LogP contribution in [-0.4, -0.2) is 33.8 Å². The fourth-order valence-electron chi connectivity index (χ4n) is 2.90. The van der Waals surface area contributed by atoms with Crippen LogP contribution in [0, 0.1) is 6.92 Å². The van der Waals surface area contributed by atoms with Gasteiger partial charge in [0.1, 0.15) is 5.69 Å². The third-order valence-corrected chi connectivity index (χ3v) is 8.02. The van der Waals surface area contributed by atoms with E-state index in [1.165, 1.54) is 11.3 Å². The second kappa shape index (κ2) is 8.29. The lowest BCUT2D eigenvalue weighted by Gasteiger charge is -2.09. The standard InChI is InChI=1S/C21H21N5O3S2/c1-12(2)31(27,28)16-7-4-14(5-8-16)17-11-23-13(3)19(24-17)21-26-25-20(29-21)18-9-6-15(10-22)30-18/h4-9,11-12H,10,22H2,1-3H3. The highest BCUT2D eigenvalue weighted by molar-refractivity contribution is 7.92. The number of benzene rings is 1. The smallest absolute Gasteiger partial charge is 0.268 e. The van der Waals surface area contributed by atoms with Gasteiger partial charge in [-0.25, -0.2) is 13.4 Å². The van der Waals surface area contributed by atoms with Crippen molar-refractivity contribution in [3.05, 3.63) is 53.2 Å².